The Morgan fingerprint density at radius 2 is 0.500 bits per heavy atom. The third-order valence-electron chi connectivity index (χ3n) is 19.8. The summed E-state index contributed by atoms with van der Waals surface area (Å²) in [4.78, 5) is 73.1. The average molecular weight is 1490 g/mol. The molecule has 0 aromatic carbocycles. The van der Waals surface area contributed by atoms with Crippen molar-refractivity contribution in [3.63, 3.8) is 0 Å². The SMILES string of the molecule is CCCCCCCCCCCCCCCCCCCCCCCCC(=O)O[C@H](COC(=O)CCCCCCCCCCCCCCC(C)C)COP(=O)(O)OC[C@@H](O)COP(=O)(O)OC[C@@H](COC(=O)CCCCCCCCC(C)CC)OC(=O)CCCCCCCCCCCCCCCCC. The van der Waals surface area contributed by atoms with E-state index in [-0.39, 0.29) is 25.7 Å². The molecule has 0 amide bonds. The molecule has 0 radical (unpaired) electrons. The molecule has 0 aliphatic heterocycles. The molecule has 3 N–H and O–H groups in total. The van der Waals surface area contributed by atoms with Gasteiger partial charge in [0.2, 0.25) is 0 Å². The van der Waals surface area contributed by atoms with Crippen LogP contribution in [0.3, 0.4) is 0 Å². The molecule has 0 aromatic rings. The van der Waals surface area contributed by atoms with E-state index in [1.807, 2.05) is 0 Å². The number of carbonyl (C=O) groups is 4. The van der Waals surface area contributed by atoms with Crippen LogP contribution < -0.4 is 0 Å². The Hall–Kier alpha value is -1.94. The largest absolute Gasteiger partial charge is 0.472 e. The van der Waals surface area contributed by atoms with Gasteiger partial charge in [0.1, 0.15) is 19.3 Å². The standard InChI is InChI=1S/C83H162O17P2/c1-7-10-12-14-16-18-20-22-24-25-26-27-28-29-30-32-34-40-44-48-56-62-67-82(87)99-78(71-93-80(85)65-59-53-46-42-38-36-35-37-41-45-51-57-63-75(4)5)73-97-101(89,90)95-69-77(84)70-96-102(91,92)98-74-79(72-94-81(86)66-60-54-50-49-52-58-64-76(6)9-3)100-83(88)68-61-55-47-43-39-33-31-23-21-19-17-15-13-11-8-2/h75-79,84H,7-74H2,1-6H3,(H,89,90)(H,91,92)/t76?,77-,78-,79-/m1/s1. The van der Waals surface area contributed by atoms with Crippen LogP contribution in [-0.4, -0.2) is 96.7 Å². The molecule has 606 valence electrons. The smallest absolute Gasteiger partial charge is 0.462 e. The second-order valence-electron chi connectivity index (χ2n) is 30.6. The first-order chi connectivity index (χ1) is 49.4. The number of ether oxygens (including phenoxy) is 4. The van der Waals surface area contributed by atoms with Gasteiger partial charge in [0.05, 0.1) is 26.4 Å². The van der Waals surface area contributed by atoms with Crippen molar-refractivity contribution in [3.8, 4) is 0 Å². The van der Waals surface area contributed by atoms with E-state index in [2.05, 4.69) is 41.5 Å². The highest BCUT2D eigenvalue weighted by Gasteiger charge is 2.30. The topological polar surface area (TPSA) is 237 Å². The molecule has 0 spiro atoms. The number of hydrogen-bond acceptors (Lipinski definition) is 15. The van der Waals surface area contributed by atoms with Gasteiger partial charge in [0.15, 0.2) is 12.2 Å². The number of aliphatic hydroxyl groups excluding tert-OH is 1. The van der Waals surface area contributed by atoms with Crippen LogP contribution >= 0.6 is 15.6 Å². The molecule has 0 aliphatic carbocycles. The van der Waals surface area contributed by atoms with Gasteiger partial charge in [0.25, 0.3) is 0 Å². The van der Waals surface area contributed by atoms with Crippen molar-refractivity contribution in [2.24, 2.45) is 11.8 Å². The van der Waals surface area contributed by atoms with E-state index in [0.29, 0.717) is 25.7 Å². The summed E-state index contributed by atoms with van der Waals surface area (Å²) in [7, 11) is -9.92. The van der Waals surface area contributed by atoms with Crippen LogP contribution in [0.2, 0.25) is 0 Å². The first-order valence-electron chi connectivity index (χ1n) is 43.0. The van der Waals surface area contributed by atoms with Crippen molar-refractivity contribution >= 4 is 39.5 Å². The first-order valence-corrected chi connectivity index (χ1v) is 46.0. The highest BCUT2D eigenvalue weighted by molar-refractivity contribution is 7.47. The zero-order valence-electron chi connectivity index (χ0n) is 66.9. The second kappa shape index (κ2) is 74.5. The summed E-state index contributed by atoms with van der Waals surface area (Å²) in [6.07, 6.45) is 65.3. The van der Waals surface area contributed by atoms with E-state index in [1.165, 1.54) is 250 Å². The predicted molar refractivity (Wildman–Crippen MR) is 418 cm³/mol. The molecule has 0 heterocycles. The monoisotopic (exact) mass is 1490 g/mol. The van der Waals surface area contributed by atoms with E-state index in [0.717, 1.165) is 108 Å². The third kappa shape index (κ3) is 74.9. The molecule has 0 rings (SSSR count). The van der Waals surface area contributed by atoms with E-state index in [9.17, 15) is 43.2 Å². The second-order valence-corrected chi connectivity index (χ2v) is 33.5. The molecule has 3 unspecified atom stereocenters. The molecule has 6 atom stereocenters. The number of hydrogen-bond donors (Lipinski definition) is 3. The number of rotatable bonds is 82. The van der Waals surface area contributed by atoms with Gasteiger partial charge in [-0.3, -0.25) is 37.3 Å². The van der Waals surface area contributed by atoms with Gasteiger partial charge in [-0.25, -0.2) is 9.13 Å². The molecule has 0 aromatic heterocycles. The van der Waals surface area contributed by atoms with Gasteiger partial charge in [-0.2, -0.15) is 0 Å². The van der Waals surface area contributed by atoms with Crippen LogP contribution in [0.5, 0.6) is 0 Å². The van der Waals surface area contributed by atoms with Crippen LogP contribution in [0.4, 0.5) is 0 Å². The lowest BCUT2D eigenvalue weighted by molar-refractivity contribution is -0.161. The molecular formula is C83H162O17P2. The Labute approximate surface area is 626 Å². The summed E-state index contributed by atoms with van der Waals surface area (Å²) < 4.78 is 68.8. The van der Waals surface area contributed by atoms with Crippen molar-refractivity contribution in [2.45, 2.75) is 458 Å². The summed E-state index contributed by atoms with van der Waals surface area (Å²) in [5.41, 5.74) is 0. The Kier molecular flexibility index (Phi) is 73.1. The van der Waals surface area contributed by atoms with E-state index in [1.54, 1.807) is 0 Å². The Balaban J connectivity index is 5.21. The minimum atomic E-state index is -4.96. The van der Waals surface area contributed by atoms with Gasteiger partial charge >= 0.3 is 39.5 Å². The van der Waals surface area contributed by atoms with Gasteiger partial charge in [0, 0.05) is 25.7 Å². The molecule has 0 fully saturated rings. The van der Waals surface area contributed by atoms with Gasteiger partial charge in [-0.05, 0) is 37.5 Å². The predicted octanol–water partition coefficient (Wildman–Crippen LogP) is 25.1. The fourth-order valence-electron chi connectivity index (χ4n) is 12.9. The minimum absolute atomic E-state index is 0.107. The molecule has 0 bridgehead atoms. The van der Waals surface area contributed by atoms with Crippen LogP contribution in [-0.2, 0) is 65.4 Å². The van der Waals surface area contributed by atoms with E-state index in [4.69, 9.17) is 37.0 Å². The molecule has 0 aliphatic rings. The maximum atomic E-state index is 13.1. The highest BCUT2D eigenvalue weighted by Crippen LogP contribution is 2.45. The van der Waals surface area contributed by atoms with Crippen LogP contribution in [0.15, 0.2) is 0 Å². The van der Waals surface area contributed by atoms with Gasteiger partial charge < -0.3 is 33.8 Å². The molecule has 102 heavy (non-hydrogen) atoms. The summed E-state index contributed by atoms with van der Waals surface area (Å²) in [6, 6.07) is 0. The maximum absolute atomic E-state index is 13.1. The van der Waals surface area contributed by atoms with Crippen LogP contribution in [0.1, 0.15) is 440 Å². The van der Waals surface area contributed by atoms with Gasteiger partial charge in [-0.15, -0.1) is 0 Å². The maximum Gasteiger partial charge on any atom is 0.472 e. The van der Waals surface area contributed by atoms with Crippen molar-refractivity contribution in [2.75, 3.05) is 39.6 Å². The van der Waals surface area contributed by atoms with E-state index >= 15 is 0 Å². The highest BCUT2D eigenvalue weighted by atomic mass is 31.2. The fourth-order valence-corrected chi connectivity index (χ4v) is 14.4. The molecule has 0 saturated heterocycles. The number of phosphoric ester groups is 2. The lowest BCUT2D eigenvalue weighted by Gasteiger charge is -2.21. The zero-order chi connectivity index (χ0) is 74.9. The first kappa shape index (κ1) is 100. The summed E-state index contributed by atoms with van der Waals surface area (Å²) in [5.74, 6) is -0.595. The summed E-state index contributed by atoms with van der Waals surface area (Å²) >= 11 is 0. The Morgan fingerprint density at radius 1 is 0.284 bits per heavy atom. The molecule has 17 nitrogen and oxygen atoms in total. The Bertz CT molecular complexity index is 1960. The number of aliphatic hydroxyl groups is 1. The zero-order valence-corrected chi connectivity index (χ0v) is 68.7. The quantitative estimate of drug-likeness (QED) is 0.0222. The van der Waals surface area contributed by atoms with Gasteiger partial charge in [-0.1, -0.05) is 388 Å². The summed E-state index contributed by atoms with van der Waals surface area (Å²) in [6.45, 7) is 9.62. The summed E-state index contributed by atoms with van der Waals surface area (Å²) in [5, 5.41) is 10.7. The number of carbonyl (C=O) groups excluding carboxylic acids is 4. The average Bonchev–Trinajstić information content (AvgIpc) is 0.959. The van der Waals surface area contributed by atoms with E-state index < -0.39 is 97.5 Å². The molecular weight excluding hydrogens is 1330 g/mol. The van der Waals surface area contributed by atoms with Crippen LogP contribution in [0.25, 0.3) is 0 Å². The van der Waals surface area contributed by atoms with Crippen molar-refractivity contribution < 1.29 is 80.2 Å². The number of phosphoric acid groups is 2. The minimum Gasteiger partial charge on any atom is -0.462 e. The van der Waals surface area contributed by atoms with Crippen molar-refractivity contribution in [1.29, 1.82) is 0 Å². The molecule has 0 saturated carbocycles. The lowest BCUT2D eigenvalue weighted by Crippen LogP contribution is -2.30. The number of unbranched alkanes of at least 4 members (excludes halogenated alkanes) is 51. The third-order valence-corrected chi connectivity index (χ3v) is 21.7. The fraction of sp³-hybridized carbons (Fsp3) is 0.952. The number of esters is 4. The Morgan fingerprint density at radius 3 is 0.745 bits per heavy atom. The van der Waals surface area contributed by atoms with Crippen molar-refractivity contribution in [3.05, 3.63) is 0 Å². The van der Waals surface area contributed by atoms with Crippen LogP contribution in [0, 0.1) is 11.8 Å². The van der Waals surface area contributed by atoms with Crippen molar-refractivity contribution in [1.82, 2.24) is 0 Å². The normalized spacial score (nSPS) is 14.1. The molecule has 19 heteroatoms. The lowest BCUT2D eigenvalue weighted by atomic mass is 10.00.